The Morgan fingerprint density at radius 1 is 1.47 bits per heavy atom. The molecule has 0 aliphatic heterocycles. The molecule has 0 saturated heterocycles. The summed E-state index contributed by atoms with van der Waals surface area (Å²) < 4.78 is 6.51. The van der Waals surface area contributed by atoms with Crippen LogP contribution in [-0.4, -0.2) is 31.6 Å². The summed E-state index contributed by atoms with van der Waals surface area (Å²) >= 11 is 3.37. The smallest absolute Gasteiger partial charge is 0.234 e. The highest BCUT2D eigenvalue weighted by atomic mass is 79.9. The first-order chi connectivity index (χ1) is 8.08. The molecule has 0 fully saturated rings. The summed E-state index contributed by atoms with van der Waals surface area (Å²) in [5.41, 5.74) is 2.68. The third-order valence-corrected chi connectivity index (χ3v) is 2.45. The van der Waals surface area contributed by atoms with E-state index in [2.05, 4.69) is 21.4 Å². The lowest BCUT2D eigenvalue weighted by Crippen LogP contribution is -2.36. The minimum absolute atomic E-state index is 0.00726. The van der Waals surface area contributed by atoms with Gasteiger partial charge in [0, 0.05) is 25.0 Å². The zero-order valence-corrected chi connectivity index (χ0v) is 11.7. The van der Waals surface area contributed by atoms with E-state index < -0.39 is 0 Å². The quantitative estimate of drug-likeness (QED) is 0.647. The molecule has 0 unspecified atom stereocenters. The monoisotopic (exact) mass is 300 g/mol. The number of nitrogens with zero attached hydrogens (tertiary/aromatic N) is 1. The van der Waals surface area contributed by atoms with Crippen LogP contribution < -0.4 is 10.2 Å². The zero-order valence-electron chi connectivity index (χ0n) is 10.1. The standard InChI is InChI=1S/C12H17BrN2O2/c1-15(2)14-12(16)7-4-8-17-11-6-3-5-10(13)9-11/h3,5-6,9H,4,7-8H2,1-2H3,(H,14,16). The van der Waals surface area contributed by atoms with Crippen molar-refractivity contribution in [3.8, 4) is 5.75 Å². The molecule has 0 atom stereocenters. The Labute approximate surface area is 110 Å². The molecule has 0 bridgehead atoms. The lowest BCUT2D eigenvalue weighted by atomic mass is 10.3. The molecule has 0 radical (unpaired) electrons. The first-order valence-corrected chi connectivity index (χ1v) is 6.22. The molecule has 0 spiro atoms. The van der Waals surface area contributed by atoms with Gasteiger partial charge in [0.15, 0.2) is 0 Å². The molecule has 1 N–H and O–H groups in total. The van der Waals surface area contributed by atoms with E-state index in [0.29, 0.717) is 19.4 Å². The highest BCUT2D eigenvalue weighted by Gasteiger charge is 2.02. The second kappa shape index (κ2) is 7.29. The molecule has 1 aromatic carbocycles. The highest BCUT2D eigenvalue weighted by Crippen LogP contribution is 2.17. The van der Waals surface area contributed by atoms with Crippen LogP contribution in [0.2, 0.25) is 0 Å². The van der Waals surface area contributed by atoms with E-state index in [4.69, 9.17) is 4.74 Å². The average Bonchev–Trinajstić information content (AvgIpc) is 2.23. The van der Waals surface area contributed by atoms with Crippen molar-refractivity contribution in [1.29, 1.82) is 0 Å². The Kier molecular flexibility index (Phi) is 6.00. The van der Waals surface area contributed by atoms with Gasteiger partial charge < -0.3 is 4.74 Å². The summed E-state index contributed by atoms with van der Waals surface area (Å²) in [5.74, 6) is 0.820. The number of benzene rings is 1. The average molecular weight is 301 g/mol. The predicted octanol–water partition coefficient (Wildman–Crippen LogP) is 2.20. The van der Waals surface area contributed by atoms with E-state index in [9.17, 15) is 4.79 Å². The largest absolute Gasteiger partial charge is 0.494 e. The van der Waals surface area contributed by atoms with Crippen molar-refractivity contribution >= 4 is 21.8 Å². The van der Waals surface area contributed by atoms with E-state index in [1.807, 2.05) is 24.3 Å². The molecule has 4 nitrogen and oxygen atoms in total. The fraction of sp³-hybridized carbons (Fsp3) is 0.417. The van der Waals surface area contributed by atoms with Crippen LogP contribution in [0.4, 0.5) is 0 Å². The highest BCUT2D eigenvalue weighted by molar-refractivity contribution is 9.10. The van der Waals surface area contributed by atoms with Gasteiger partial charge in [-0.15, -0.1) is 0 Å². The number of rotatable bonds is 6. The molecule has 0 aliphatic carbocycles. The number of ether oxygens (including phenoxy) is 1. The van der Waals surface area contributed by atoms with Gasteiger partial charge in [-0.05, 0) is 24.6 Å². The summed E-state index contributed by atoms with van der Waals surface area (Å²) in [6.07, 6.45) is 1.17. The fourth-order valence-electron chi connectivity index (χ4n) is 1.28. The molecular weight excluding hydrogens is 284 g/mol. The van der Waals surface area contributed by atoms with E-state index >= 15 is 0 Å². The predicted molar refractivity (Wildman–Crippen MR) is 70.7 cm³/mol. The third-order valence-electron chi connectivity index (χ3n) is 1.96. The molecule has 1 amide bonds. The summed E-state index contributed by atoms with van der Waals surface area (Å²) in [4.78, 5) is 11.3. The van der Waals surface area contributed by atoms with Crippen LogP contribution in [0.5, 0.6) is 5.75 Å². The SMILES string of the molecule is CN(C)NC(=O)CCCOc1cccc(Br)c1. The van der Waals surface area contributed by atoms with E-state index in [1.54, 1.807) is 19.1 Å². The molecular formula is C12H17BrN2O2. The molecule has 0 saturated carbocycles. The number of amides is 1. The number of hydrogen-bond donors (Lipinski definition) is 1. The molecule has 0 aliphatic rings. The molecule has 1 rings (SSSR count). The Bertz CT molecular complexity index is 369. The lowest BCUT2D eigenvalue weighted by Gasteiger charge is -2.11. The molecule has 0 heterocycles. The van der Waals surface area contributed by atoms with Crippen molar-refractivity contribution < 1.29 is 9.53 Å². The van der Waals surface area contributed by atoms with Crippen LogP contribution in [0, 0.1) is 0 Å². The Hall–Kier alpha value is -1.07. The maximum atomic E-state index is 11.3. The van der Waals surface area contributed by atoms with E-state index in [-0.39, 0.29) is 5.91 Å². The first kappa shape index (κ1) is 14.0. The number of carbonyl (C=O) groups is 1. The van der Waals surface area contributed by atoms with Crippen LogP contribution in [-0.2, 0) is 4.79 Å². The van der Waals surface area contributed by atoms with E-state index in [1.165, 1.54) is 0 Å². The van der Waals surface area contributed by atoms with E-state index in [0.717, 1.165) is 10.2 Å². The first-order valence-electron chi connectivity index (χ1n) is 5.43. The second-order valence-corrected chi connectivity index (χ2v) is 4.75. The molecule has 5 heteroatoms. The van der Waals surface area contributed by atoms with Gasteiger partial charge in [-0.25, -0.2) is 5.01 Å². The van der Waals surface area contributed by atoms with Crippen molar-refractivity contribution in [1.82, 2.24) is 10.4 Å². The van der Waals surface area contributed by atoms with Crippen molar-refractivity contribution in [2.24, 2.45) is 0 Å². The maximum Gasteiger partial charge on any atom is 0.234 e. The van der Waals surface area contributed by atoms with Gasteiger partial charge in [-0.1, -0.05) is 22.0 Å². The number of carbonyl (C=O) groups excluding carboxylic acids is 1. The second-order valence-electron chi connectivity index (χ2n) is 3.84. The van der Waals surface area contributed by atoms with Gasteiger partial charge in [-0.2, -0.15) is 0 Å². The molecule has 94 valence electrons. The maximum absolute atomic E-state index is 11.3. The normalized spacial score (nSPS) is 10.4. The van der Waals surface area contributed by atoms with Gasteiger partial charge in [0.2, 0.25) is 5.91 Å². The number of hydrogen-bond acceptors (Lipinski definition) is 3. The van der Waals surface area contributed by atoms with Gasteiger partial charge >= 0.3 is 0 Å². The zero-order chi connectivity index (χ0) is 12.7. The lowest BCUT2D eigenvalue weighted by molar-refractivity contribution is -0.125. The minimum Gasteiger partial charge on any atom is -0.494 e. The van der Waals surface area contributed by atoms with Crippen LogP contribution in [0.1, 0.15) is 12.8 Å². The van der Waals surface area contributed by atoms with Gasteiger partial charge in [-0.3, -0.25) is 10.2 Å². The van der Waals surface area contributed by atoms with Crippen LogP contribution in [0.25, 0.3) is 0 Å². The van der Waals surface area contributed by atoms with Crippen molar-refractivity contribution in [3.63, 3.8) is 0 Å². The van der Waals surface area contributed by atoms with Crippen molar-refractivity contribution in [2.75, 3.05) is 20.7 Å². The fourth-order valence-corrected chi connectivity index (χ4v) is 1.66. The third kappa shape index (κ3) is 6.28. The molecule has 1 aromatic rings. The summed E-state index contributed by atoms with van der Waals surface area (Å²) in [6.45, 7) is 0.539. The summed E-state index contributed by atoms with van der Waals surface area (Å²) in [7, 11) is 3.58. The van der Waals surface area contributed by atoms with Crippen molar-refractivity contribution in [3.05, 3.63) is 28.7 Å². The minimum atomic E-state index is 0.00726. The van der Waals surface area contributed by atoms with Crippen LogP contribution >= 0.6 is 15.9 Å². The Balaban J connectivity index is 2.18. The number of hydrazine groups is 1. The Morgan fingerprint density at radius 3 is 2.88 bits per heavy atom. The summed E-state index contributed by atoms with van der Waals surface area (Å²) in [6, 6.07) is 7.65. The molecule has 0 aromatic heterocycles. The van der Waals surface area contributed by atoms with Crippen LogP contribution in [0.3, 0.4) is 0 Å². The topological polar surface area (TPSA) is 41.6 Å². The van der Waals surface area contributed by atoms with Gasteiger partial charge in [0.25, 0.3) is 0 Å². The number of nitrogens with one attached hydrogen (secondary N) is 1. The van der Waals surface area contributed by atoms with Crippen LogP contribution in [0.15, 0.2) is 28.7 Å². The number of halogens is 1. The van der Waals surface area contributed by atoms with Crippen molar-refractivity contribution in [2.45, 2.75) is 12.8 Å². The summed E-state index contributed by atoms with van der Waals surface area (Å²) in [5, 5.41) is 1.64. The van der Waals surface area contributed by atoms with Gasteiger partial charge in [0.1, 0.15) is 5.75 Å². The molecule has 17 heavy (non-hydrogen) atoms. The Morgan fingerprint density at radius 2 is 2.24 bits per heavy atom. The van der Waals surface area contributed by atoms with Gasteiger partial charge in [0.05, 0.1) is 6.61 Å².